The largest absolute Gasteiger partial charge is 0.507 e. The Morgan fingerprint density at radius 2 is 1.50 bits per heavy atom. The van der Waals surface area contributed by atoms with Crippen molar-refractivity contribution < 1.29 is 10.2 Å². The number of nitrogens with zero attached hydrogens (tertiary/aromatic N) is 4. The van der Waals surface area contributed by atoms with Gasteiger partial charge in [0.2, 0.25) is 17.8 Å². The number of aromatic nitrogens is 5. The number of fused-ring (bicyclic) bond motifs is 2. The number of aromatic hydroxyl groups is 2. The van der Waals surface area contributed by atoms with Crippen LogP contribution in [0, 0.1) is 0 Å². The Morgan fingerprint density at radius 1 is 0.810 bits per heavy atom. The summed E-state index contributed by atoms with van der Waals surface area (Å²) < 4.78 is 0. The second-order valence-electron chi connectivity index (χ2n) is 9.50. The van der Waals surface area contributed by atoms with Crippen molar-refractivity contribution in [3.63, 3.8) is 0 Å². The molecule has 12 heteroatoms. The maximum Gasteiger partial charge on any atom is 0.323 e. The van der Waals surface area contributed by atoms with E-state index in [1.807, 2.05) is 37.3 Å². The highest BCUT2D eigenvalue weighted by Crippen LogP contribution is 2.32. The number of phenols is 2. The van der Waals surface area contributed by atoms with E-state index in [-0.39, 0.29) is 34.8 Å². The van der Waals surface area contributed by atoms with E-state index in [4.69, 9.17) is 0 Å². The van der Waals surface area contributed by atoms with Crippen molar-refractivity contribution in [1.82, 2.24) is 24.9 Å². The number of phenolic OH excluding ortho intramolecular Hbond substituents is 2. The van der Waals surface area contributed by atoms with Gasteiger partial charge >= 0.3 is 5.69 Å². The molecule has 0 aliphatic rings. The van der Waals surface area contributed by atoms with Crippen LogP contribution < -0.4 is 21.6 Å². The standard InChI is InChI=1S/C30H27N9O3/c1-2-13-31-27-37-28(33-18-8-10-22-23(14-18)36-30(42)35-22)39-29(38-27)34-19-9-12-26(41)24(15-19)32-16-21-20-6-4-3-5-17(20)7-11-25(21)40/h3-12,14-16,40-41H,2,13H2,1H3,(H2,35,36,42)(H3,31,33,34,37,38,39). The minimum absolute atomic E-state index is 0.0296. The monoisotopic (exact) mass is 561 g/mol. The molecule has 210 valence electrons. The number of aromatic amines is 2. The first-order chi connectivity index (χ1) is 20.4. The van der Waals surface area contributed by atoms with Gasteiger partial charge in [0.25, 0.3) is 0 Å². The van der Waals surface area contributed by atoms with Gasteiger partial charge in [-0.1, -0.05) is 37.3 Å². The molecule has 42 heavy (non-hydrogen) atoms. The highest BCUT2D eigenvalue weighted by atomic mass is 16.3. The lowest BCUT2D eigenvalue weighted by atomic mass is 10.0. The number of benzene rings is 4. The van der Waals surface area contributed by atoms with E-state index in [0.29, 0.717) is 40.5 Å². The van der Waals surface area contributed by atoms with Crippen molar-refractivity contribution in [3.05, 3.63) is 88.8 Å². The predicted octanol–water partition coefficient (Wildman–Crippen LogP) is 5.67. The fraction of sp³-hybridized carbons (Fsp3) is 0.100. The number of aliphatic imine (C=N–C) groups is 1. The molecule has 0 fully saturated rings. The van der Waals surface area contributed by atoms with Gasteiger partial charge in [-0.05, 0) is 59.7 Å². The maximum absolute atomic E-state index is 11.6. The highest BCUT2D eigenvalue weighted by Gasteiger charge is 2.11. The zero-order valence-corrected chi connectivity index (χ0v) is 22.5. The van der Waals surface area contributed by atoms with E-state index in [1.54, 1.807) is 36.4 Å². The molecule has 12 nitrogen and oxygen atoms in total. The van der Waals surface area contributed by atoms with Crippen molar-refractivity contribution in [3.8, 4) is 11.5 Å². The molecule has 6 rings (SSSR count). The normalized spacial score (nSPS) is 11.4. The van der Waals surface area contributed by atoms with Gasteiger partial charge in [0.15, 0.2) is 0 Å². The molecule has 0 atom stereocenters. The lowest BCUT2D eigenvalue weighted by Gasteiger charge is -2.12. The molecule has 6 aromatic rings. The van der Waals surface area contributed by atoms with Gasteiger partial charge in [-0.3, -0.25) is 4.99 Å². The number of rotatable bonds is 9. The molecule has 0 radical (unpaired) electrons. The topological polar surface area (TPSA) is 176 Å². The summed E-state index contributed by atoms with van der Waals surface area (Å²) in [7, 11) is 0. The van der Waals surface area contributed by atoms with Crippen LogP contribution >= 0.6 is 0 Å². The number of H-pyrrole nitrogens is 2. The number of anilines is 5. The molecule has 0 amide bonds. The summed E-state index contributed by atoms with van der Waals surface area (Å²) in [6, 6.07) is 21.3. The van der Waals surface area contributed by atoms with Crippen LogP contribution in [0.25, 0.3) is 21.8 Å². The van der Waals surface area contributed by atoms with Gasteiger partial charge in [0.05, 0.1) is 11.0 Å². The SMILES string of the molecule is CCCNc1nc(Nc2ccc(O)c(N=Cc3c(O)ccc4ccccc34)c2)nc(Nc2ccc3[nH]c(=O)[nH]c3c2)n1. The maximum atomic E-state index is 11.6. The van der Waals surface area contributed by atoms with Gasteiger partial charge in [0.1, 0.15) is 17.2 Å². The van der Waals surface area contributed by atoms with Gasteiger partial charge in [-0.15, -0.1) is 0 Å². The third-order valence-corrected chi connectivity index (χ3v) is 6.45. The lowest BCUT2D eigenvalue weighted by Crippen LogP contribution is -2.10. The van der Waals surface area contributed by atoms with Crippen LogP contribution in [0.1, 0.15) is 18.9 Å². The predicted molar refractivity (Wildman–Crippen MR) is 165 cm³/mol. The van der Waals surface area contributed by atoms with E-state index < -0.39 is 0 Å². The first kappa shape index (κ1) is 26.3. The fourth-order valence-electron chi connectivity index (χ4n) is 4.43. The summed E-state index contributed by atoms with van der Waals surface area (Å²) in [5, 5.41) is 32.3. The summed E-state index contributed by atoms with van der Waals surface area (Å²) in [5.74, 6) is 0.973. The molecule has 0 bridgehead atoms. The minimum Gasteiger partial charge on any atom is -0.507 e. The summed E-state index contributed by atoms with van der Waals surface area (Å²) in [6.45, 7) is 2.70. The number of imidazole rings is 1. The molecule has 7 N–H and O–H groups in total. The first-order valence-electron chi connectivity index (χ1n) is 13.3. The Hall–Kier alpha value is -5.91. The van der Waals surface area contributed by atoms with Crippen LogP contribution in [0.2, 0.25) is 0 Å². The Balaban J connectivity index is 1.28. The van der Waals surface area contributed by atoms with Crippen molar-refractivity contribution >= 4 is 62.9 Å². The Labute approximate surface area is 239 Å². The van der Waals surface area contributed by atoms with E-state index in [2.05, 4.69) is 45.9 Å². The number of hydrogen-bond donors (Lipinski definition) is 7. The second kappa shape index (κ2) is 11.3. The van der Waals surface area contributed by atoms with Gasteiger partial charge < -0.3 is 36.1 Å². The highest BCUT2D eigenvalue weighted by molar-refractivity contribution is 6.03. The molecule has 4 aromatic carbocycles. The van der Waals surface area contributed by atoms with Crippen LogP contribution in [-0.2, 0) is 0 Å². The molecule has 2 heterocycles. The van der Waals surface area contributed by atoms with Crippen LogP contribution in [-0.4, -0.2) is 47.9 Å². The summed E-state index contributed by atoms with van der Waals surface area (Å²) >= 11 is 0. The minimum atomic E-state index is -0.286. The van der Waals surface area contributed by atoms with Gasteiger partial charge in [0, 0.05) is 29.7 Å². The van der Waals surface area contributed by atoms with Crippen molar-refractivity contribution in [1.29, 1.82) is 0 Å². The zero-order valence-electron chi connectivity index (χ0n) is 22.5. The molecule has 0 unspecified atom stereocenters. The quantitative estimate of drug-likeness (QED) is 0.0866. The van der Waals surface area contributed by atoms with E-state index in [9.17, 15) is 15.0 Å². The average molecular weight is 562 g/mol. The summed E-state index contributed by atoms with van der Waals surface area (Å²) in [4.78, 5) is 35.0. The van der Waals surface area contributed by atoms with Crippen LogP contribution in [0.15, 0.2) is 82.6 Å². The van der Waals surface area contributed by atoms with Crippen LogP contribution in [0.5, 0.6) is 11.5 Å². The molecule has 0 aliphatic heterocycles. The molecular formula is C30H27N9O3. The van der Waals surface area contributed by atoms with Crippen molar-refractivity contribution in [2.24, 2.45) is 4.99 Å². The summed E-state index contributed by atoms with van der Waals surface area (Å²) in [6.07, 6.45) is 2.41. The third kappa shape index (κ3) is 5.68. The van der Waals surface area contributed by atoms with Gasteiger partial charge in [-0.2, -0.15) is 15.0 Å². The second-order valence-corrected chi connectivity index (χ2v) is 9.50. The summed E-state index contributed by atoms with van der Waals surface area (Å²) in [5.41, 5.74) is 3.14. The molecule has 0 aliphatic carbocycles. The third-order valence-electron chi connectivity index (χ3n) is 6.45. The molecule has 2 aromatic heterocycles. The average Bonchev–Trinajstić information content (AvgIpc) is 3.36. The van der Waals surface area contributed by atoms with E-state index >= 15 is 0 Å². The van der Waals surface area contributed by atoms with E-state index in [1.165, 1.54) is 12.3 Å². The fourth-order valence-corrected chi connectivity index (χ4v) is 4.43. The number of nitrogens with one attached hydrogen (secondary N) is 5. The molecule has 0 spiro atoms. The van der Waals surface area contributed by atoms with Crippen LogP contribution in [0.4, 0.5) is 34.9 Å². The Bertz CT molecular complexity index is 2000. The van der Waals surface area contributed by atoms with Crippen molar-refractivity contribution in [2.45, 2.75) is 13.3 Å². The first-order valence-corrected chi connectivity index (χ1v) is 13.3. The van der Waals surface area contributed by atoms with Crippen LogP contribution in [0.3, 0.4) is 0 Å². The molecule has 0 saturated heterocycles. The zero-order chi connectivity index (χ0) is 29.1. The lowest BCUT2D eigenvalue weighted by molar-refractivity contribution is 0.474. The van der Waals surface area contributed by atoms with Gasteiger partial charge in [-0.25, -0.2) is 4.79 Å². The molecular weight excluding hydrogens is 534 g/mol. The number of hydrogen-bond acceptors (Lipinski definition) is 10. The smallest absolute Gasteiger partial charge is 0.323 e. The Morgan fingerprint density at radius 3 is 2.31 bits per heavy atom. The van der Waals surface area contributed by atoms with E-state index in [0.717, 1.165) is 17.2 Å². The Kier molecular flexibility index (Phi) is 7.08. The molecule has 0 saturated carbocycles. The van der Waals surface area contributed by atoms with Crippen molar-refractivity contribution in [2.75, 3.05) is 22.5 Å².